The van der Waals surface area contributed by atoms with Crippen LogP contribution < -0.4 is 10.6 Å². The minimum atomic E-state index is -0.233. The van der Waals surface area contributed by atoms with E-state index in [1.807, 2.05) is 30.2 Å². The van der Waals surface area contributed by atoms with Crippen molar-refractivity contribution < 1.29 is 9.59 Å². The van der Waals surface area contributed by atoms with Gasteiger partial charge in [0.1, 0.15) is 5.70 Å². The fourth-order valence-corrected chi connectivity index (χ4v) is 3.43. The van der Waals surface area contributed by atoms with E-state index >= 15 is 0 Å². The Bertz CT molecular complexity index is 818. The second-order valence-corrected chi connectivity index (χ2v) is 8.21. The lowest BCUT2D eigenvalue weighted by atomic mass is 10.1. The number of piperazine rings is 1. The summed E-state index contributed by atoms with van der Waals surface area (Å²) in [5, 5.41) is 6.44. The van der Waals surface area contributed by atoms with Crippen molar-refractivity contribution in [1.29, 1.82) is 0 Å². The van der Waals surface area contributed by atoms with E-state index in [1.165, 1.54) is 18.9 Å². The van der Waals surface area contributed by atoms with E-state index in [9.17, 15) is 9.59 Å². The van der Waals surface area contributed by atoms with Gasteiger partial charge in [-0.3, -0.25) is 9.59 Å². The third-order valence-electron chi connectivity index (χ3n) is 5.16. The molecule has 1 aromatic rings. The summed E-state index contributed by atoms with van der Waals surface area (Å²) in [6.45, 7) is 14.4. The molecule has 1 aliphatic heterocycles. The van der Waals surface area contributed by atoms with Gasteiger partial charge in [0.05, 0.1) is 17.3 Å². The van der Waals surface area contributed by atoms with Crippen LogP contribution in [0.25, 0.3) is 0 Å². The van der Waals surface area contributed by atoms with E-state index in [-0.39, 0.29) is 11.8 Å². The van der Waals surface area contributed by atoms with Crippen LogP contribution in [0.4, 0.5) is 5.69 Å². The zero-order valence-electron chi connectivity index (χ0n) is 20.3. The SMILES string of the molecule is C=CC(=O)N1CCN(/C(=C\CCCC)C(=O)Nc2ccccc2Cl)C(=C)C1.CCCCNC. The molecule has 1 fully saturated rings. The normalized spacial score (nSPS) is 13.8. The largest absolute Gasteiger partial charge is 0.338 e. The molecule has 2 N–H and O–H groups in total. The first kappa shape index (κ1) is 28.5. The molecule has 0 aromatic heterocycles. The van der Waals surface area contributed by atoms with Crippen LogP contribution in [0.2, 0.25) is 5.02 Å². The first-order valence-electron chi connectivity index (χ1n) is 11.7. The molecule has 2 rings (SSSR count). The minimum Gasteiger partial charge on any atom is -0.338 e. The van der Waals surface area contributed by atoms with E-state index in [2.05, 4.69) is 37.6 Å². The van der Waals surface area contributed by atoms with Gasteiger partial charge in [-0.1, -0.05) is 69.7 Å². The molecule has 0 radical (unpaired) electrons. The molecule has 6 nitrogen and oxygen atoms in total. The number of carbonyl (C=O) groups is 2. The number of para-hydroxylation sites is 1. The standard InChI is InChI=1S/C21H26ClN3O2.C5H13N/c1-4-6-7-12-19(21(27)23-18-11-9-8-10-17(18)22)25-14-13-24(15-16(25)3)20(26)5-2;1-3-4-5-6-2/h5,8-12H,2-4,6-7,13-15H2,1H3,(H,23,27);6H,3-5H2,1-2H3/b19-12-;. The molecule has 0 unspecified atom stereocenters. The Kier molecular flexibility index (Phi) is 13.9. The van der Waals surface area contributed by atoms with Crippen molar-refractivity contribution in [2.75, 3.05) is 38.5 Å². The van der Waals surface area contributed by atoms with Gasteiger partial charge >= 0.3 is 0 Å². The van der Waals surface area contributed by atoms with E-state index in [0.717, 1.165) is 25.8 Å². The number of allylic oxidation sites excluding steroid dienone is 1. The quantitative estimate of drug-likeness (QED) is 0.361. The molecule has 0 bridgehead atoms. The number of hydrogen-bond acceptors (Lipinski definition) is 4. The molecule has 1 aromatic carbocycles. The van der Waals surface area contributed by atoms with Crippen molar-refractivity contribution in [2.45, 2.75) is 46.0 Å². The van der Waals surface area contributed by atoms with E-state index < -0.39 is 0 Å². The summed E-state index contributed by atoms with van der Waals surface area (Å²) in [6, 6.07) is 7.13. The number of rotatable bonds is 10. The molecular weight excluding hydrogens is 436 g/mol. The average Bonchev–Trinajstić information content (AvgIpc) is 2.82. The molecule has 1 aliphatic rings. The lowest BCUT2D eigenvalue weighted by Gasteiger charge is -2.38. The topological polar surface area (TPSA) is 64.7 Å². The number of halogens is 1. The van der Waals surface area contributed by atoms with Crippen molar-refractivity contribution in [3.05, 3.63) is 66.0 Å². The maximum Gasteiger partial charge on any atom is 0.271 e. The van der Waals surface area contributed by atoms with Gasteiger partial charge in [-0.25, -0.2) is 0 Å². The molecule has 33 heavy (non-hydrogen) atoms. The Morgan fingerprint density at radius 3 is 2.39 bits per heavy atom. The van der Waals surface area contributed by atoms with Crippen molar-refractivity contribution in [1.82, 2.24) is 15.1 Å². The Morgan fingerprint density at radius 2 is 1.85 bits per heavy atom. The summed E-state index contributed by atoms with van der Waals surface area (Å²) in [4.78, 5) is 28.4. The molecule has 2 amide bonds. The van der Waals surface area contributed by atoms with Crippen LogP contribution in [-0.2, 0) is 9.59 Å². The van der Waals surface area contributed by atoms with Crippen LogP contribution in [0.15, 0.2) is 61.0 Å². The molecule has 0 saturated carbocycles. The number of carbonyl (C=O) groups excluding carboxylic acids is 2. The molecule has 0 spiro atoms. The van der Waals surface area contributed by atoms with E-state index in [4.69, 9.17) is 11.6 Å². The zero-order valence-corrected chi connectivity index (χ0v) is 21.1. The van der Waals surface area contributed by atoms with Crippen molar-refractivity contribution in [3.8, 4) is 0 Å². The summed E-state index contributed by atoms with van der Waals surface area (Å²) >= 11 is 6.17. The number of benzene rings is 1. The van der Waals surface area contributed by atoms with Crippen LogP contribution in [0.5, 0.6) is 0 Å². The molecule has 0 atom stereocenters. The fourth-order valence-electron chi connectivity index (χ4n) is 3.24. The van der Waals surface area contributed by atoms with Crippen molar-refractivity contribution in [3.63, 3.8) is 0 Å². The predicted molar refractivity (Wildman–Crippen MR) is 139 cm³/mol. The van der Waals surface area contributed by atoms with E-state index in [0.29, 0.717) is 41.7 Å². The highest BCUT2D eigenvalue weighted by molar-refractivity contribution is 6.33. The molecule has 182 valence electrons. The molecular formula is C26H39ClN4O2. The number of nitrogens with one attached hydrogen (secondary N) is 2. The molecule has 7 heteroatoms. The van der Waals surface area contributed by atoms with Gasteiger partial charge < -0.3 is 20.4 Å². The first-order chi connectivity index (χ1) is 15.9. The van der Waals surface area contributed by atoms with Crippen LogP contribution >= 0.6 is 11.6 Å². The van der Waals surface area contributed by atoms with Gasteiger partial charge in [-0.05, 0) is 51.1 Å². The fraction of sp³-hybridized carbons (Fsp3) is 0.462. The van der Waals surface area contributed by atoms with E-state index in [1.54, 1.807) is 17.0 Å². The second-order valence-electron chi connectivity index (χ2n) is 7.80. The maximum absolute atomic E-state index is 13.0. The molecule has 0 aliphatic carbocycles. The summed E-state index contributed by atoms with van der Waals surface area (Å²) in [5.41, 5.74) is 1.81. The second kappa shape index (κ2) is 16.1. The number of amides is 2. The Morgan fingerprint density at radius 1 is 1.15 bits per heavy atom. The number of unbranched alkanes of at least 4 members (excludes halogenated alkanes) is 3. The Labute approximate surface area is 204 Å². The third kappa shape index (κ3) is 9.84. The van der Waals surface area contributed by atoms with Crippen LogP contribution in [0.1, 0.15) is 46.0 Å². The Balaban J connectivity index is 0.000000801. The van der Waals surface area contributed by atoms with Gasteiger partial charge in [-0.15, -0.1) is 0 Å². The van der Waals surface area contributed by atoms with Gasteiger partial charge in [0, 0.05) is 18.8 Å². The zero-order chi connectivity index (χ0) is 24.6. The van der Waals surface area contributed by atoms with Crippen LogP contribution in [-0.4, -0.2) is 54.8 Å². The number of anilines is 1. The Hall–Kier alpha value is -2.57. The van der Waals surface area contributed by atoms with Crippen LogP contribution in [0, 0.1) is 0 Å². The van der Waals surface area contributed by atoms with Gasteiger partial charge in [0.25, 0.3) is 5.91 Å². The monoisotopic (exact) mass is 474 g/mol. The first-order valence-corrected chi connectivity index (χ1v) is 12.0. The number of hydrogen-bond donors (Lipinski definition) is 2. The number of nitrogens with zero attached hydrogens (tertiary/aromatic N) is 2. The summed E-state index contributed by atoms with van der Waals surface area (Å²) in [6.07, 6.45) is 8.65. The highest BCUT2D eigenvalue weighted by atomic mass is 35.5. The minimum absolute atomic E-state index is 0.132. The summed E-state index contributed by atoms with van der Waals surface area (Å²) < 4.78 is 0. The van der Waals surface area contributed by atoms with Gasteiger partial charge in [0.15, 0.2) is 0 Å². The van der Waals surface area contributed by atoms with Crippen LogP contribution in [0.3, 0.4) is 0 Å². The molecule has 1 heterocycles. The smallest absolute Gasteiger partial charge is 0.271 e. The van der Waals surface area contributed by atoms with Crippen molar-refractivity contribution in [2.24, 2.45) is 0 Å². The van der Waals surface area contributed by atoms with Gasteiger partial charge in [-0.2, -0.15) is 0 Å². The highest BCUT2D eigenvalue weighted by Crippen LogP contribution is 2.24. The molecule has 1 saturated heterocycles. The summed E-state index contributed by atoms with van der Waals surface area (Å²) in [7, 11) is 1.98. The predicted octanol–water partition coefficient (Wildman–Crippen LogP) is 5.20. The summed E-state index contributed by atoms with van der Waals surface area (Å²) in [5.74, 6) is -0.364. The van der Waals surface area contributed by atoms with Gasteiger partial charge in [0.2, 0.25) is 5.91 Å². The maximum atomic E-state index is 13.0. The lowest BCUT2D eigenvalue weighted by molar-refractivity contribution is -0.126. The van der Waals surface area contributed by atoms with Crippen molar-refractivity contribution >= 4 is 29.1 Å². The highest BCUT2D eigenvalue weighted by Gasteiger charge is 2.27. The third-order valence-corrected chi connectivity index (χ3v) is 5.49. The lowest BCUT2D eigenvalue weighted by Crippen LogP contribution is -2.47. The average molecular weight is 475 g/mol.